The molecule has 0 radical (unpaired) electrons. The van der Waals surface area contributed by atoms with Gasteiger partial charge in [0.05, 0.1) is 6.04 Å². The van der Waals surface area contributed by atoms with E-state index in [1.54, 1.807) is 11.3 Å². The van der Waals surface area contributed by atoms with E-state index in [4.69, 9.17) is 0 Å². The molecule has 1 aliphatic carbocycles. The lowest BCUT2D eigenvalue weighted by molar-refractivity contribution is -0.126. The maximum atomic E-state index is 12.2. The molecule has 1 atom stereocenters. The summed E-state index contributed by atoms with van der Waals surface area (Å²) >= 11 is 1.75. The van der Waals surface area contributed by atoms with Crippen LogP contribution in [-0.4, -0.2) is 31.4 Å². The molecule has 3 nitrogen and oxygen atoms in total. The second-order valence-corrected chi connectivity index (χ2v) is 6.55. The Balaban J connectivity index is 1.86. The summed E-state index contributed by atoms with van der Waals surface area (Å²) in [6.07, 6.45) is 5.84. The third-order valence-electron chi connectivity index (χ3n) is 3.94. The molecule has 1 aromatic heterocycles. The number of rotatable bonds is 5. The fraction of sp³-hybridized carbons (Fsp3) is 0.667. The number of carbonyl (C=O) groups is 1. The van der Waals surface area contributed by atoms with Gasteiger partial charge < -0.3 is 10.2 Å². The van der Waals surface area contributed by atoms with Gasteiger partial charge in [0.2, 0.25) is 5.91 Å². The quantitative estimate of drug-likeness (QED) is 0.899. The summed E-state index contributed by atoms with van der Waals surface area (Å²) in [7, 11) is 4.13. The van der Waals surface area contributed by atoms with Crippen LogP contribution in [0.3, 0.4) is 0 Å². The summed E-state index contributed by atoms with van der Waals surface area (Å²) < 4.78 is 0. The van der Waals surface area contributed by atoms with Crippen LogP contribution in [0.5, 0.6) is 0 Å². The summed E-state index contributed by atoms with van der Waals surface area (Å²) in [6.45, 7) is 0.711. The average Bonchev–Trinajstić information content (AvgIpc) is 2.93. The van der Waals surface area contributed by atoms with Gasteiger partial charge in [-0.3, -0.25) is 4.79 Å². The zero-order valence-electron chi connectivity index (χ0n) is 11.9. The highest BCUT2D eigenvalue weighted by molar-refractivity contribution is 7.10. The fourth-order valence-corrected chi connectivity index (χ4v) is 3.65. The van der Waals surface area contributed by atoms with Crippen LogP contribution in [-0.2, 0) is 4.79 Å². The Hall–Kier alpha value is -0.870. The van der Waals surface area contributed by atoms with Gasteiger partial charge in [0.15, 0.2) is 0 Å². The summed E-state index contributed by atoms with van der Waals surface area (Å²) in [5, 5.41) is 5.24. The van der Waals surface area contributed by atoms with Crippen molar-refractivity contribution in [3.05, 3.63) is 22.4 Å². The van der Waals surface area contributed by atoms with Gasteiger partial charge >= 0.3 is 0 Å². The lowest BCUT2D eigenvalue weighted by atomic mass is 9.88. The van der Waals surface area contributed by atoms with Crippen LogP contribution in [0.15, 0.2) is 17.5 Å². The molecule has 0 aromatic carbocycles. The first-order valence-corrected chi connectivity index (χ1v) is 8.04. The van der Waals surface area contributed by atoms with Gasteiger partial charge in [0.25, 0.3) is 0 Å². The third-order valence-corrected chi connectivity index (χ3v) is 4.91. The van der Waals surface area contributed by atoms with Crippen LogP contribution in [0.25, 0.3) is 0 Å². The molecular weight excluding hydrogens is 256 g/mol. The van der Waals surface area contributed by atoms with E-state index in [-0.39, 0.29) is 17.9 Å². The molecule has 1 saturated carbocycles. The van der Waals surface area contributed by atoms with Crippen molar-refractivity contribution in [1.82, 2.24) is 10.2 Å². The van der Waals surface area contributed by atoms with Crippen LogP contribution in [0.4, 0.5) is 0 Å². The summed E-state index contributed by atoms with van der Waals surface area (Å²) in [6, 6.07) is 4.49. The number of nitrogens with zero attached hydrogens (tertiary/aromatic N) is 1. The molecule has 0 saturated heterocycles. The molecule has 0 aliphatic heterocycles. The minimum Gasteiger partial charge on any atom is -0.354 e. The predicted octanol–water partition coefficient (Wildman–Crippen LogP) is 3.05. The number of nitrogens with one attached hydrogen (secondary N) is 1. The van der Waals surface area contributed by atoms with Crippen molar-refractivity contribution in [1.29, 1.82) is 0 Å². The Morgan fingerprint density at radius 3 is 2.74 bits per heavy atom. The number of likely N-dealkylation sites (N-methyl/N-ethyl adjacent to an activating group) is 1. The zero-order chi connectivity index (χ0) is 13.7. The Labute approximate surface area is 120 Å². The minimum absolute atomic E-state index is 0.250. The molecule has 106 valence electrons. The normalized spacial score (nSPS) is 18.5. The van der Waals surface area contributed by atoms with Crippen molar-refractivity contribution in [2.75, 3.05) is 20.6 Å². The highest BCUT2D eigenvalue weighted by Crippen LogP contribution is 2.25. The largest absolute Gasteiger partial charge is 0.354 e. The van der Waals surface area contributed by atoms with E-state index in [0.29, 0.717) is 6.54 Å². The van der Waals surface area contributed by atoms with Crippen molar-refractivity contribution in [2.45, 2.75) is 38.1 Å². The lowest BCUT2D eigenvalue weighted by Crippen LogP contribution is -2.38. The maximum absolute atomic E-state index is 12.2. The molecule has 0 bridgehead atoms. The fourth-order valence-electron chi connectivity index (χ4n) is 2.72. The highest BCUT2D eigenvalue weighted by atomic mass is 32.1. The molecule has 19 heavy (non-hydrogen) atoms. The maximum Gasteiger partial charge on any atom is 0.223 e. The molecule has 1 fully saturated rings. The molecule has 1 amide bonds. The first-order chi connectivity index (χ1) is 9.18. The van der Waals surface area contributed by atoms with Gasteiger partial charge in [0.1, 0.15) is 0 Å². The average molecular weight is 280 g/mol. The molecule has 0 unspecified atom stereocenters. The van der Waals surface area contributed by atoms with Gasteiger partial charge in [-0.1, -0.05) is 25.3 Å². The molecule has 1 aliphatic rings. The Morgan fingerprint density at radius 1 is 1.42 bits per heavy atom. The van der Waals surface area contributed by atoms with Gasteiger partial charge in [-0.15, -0.1) is 11.3 Å². The van der Waals surface area contributed by atoms with Crippen molar-refractivity contribution in [3.8, 4) is 0 Å². The van der Waals surface area contributed by atoms with Gasteiger partial charge in [-0.25, -0.2) is 0 Å². The SMILES string of the molecule is CN(C)[C@@H](CNC(=O)C1CCCCC1)c1cccs1. The van der Waals surface area contributed by atoms with E-state index in [1.165, 1.54) is 24.1 Å². The van der Waals surface area contributed by atoms with Crippen LogP contribution >= 0.6 is 11.3 Å². The number of carbonyl (C=O) groups excluding carboxylic acids is 1. The van der Waals surface area contributed by atoms with Crippen LogP contribution in [0.2, 0.25) is 0 Å². The Kier molecular flexibility index (Phi) is 5.40. The van der Waals surface area contributed by atoms with E-state index in [1.807, 2.05) is 0 Å². The van der Waals surface area contributed by atoms with Gasteiger partial charge in [-0.2, -0.15) is 0 Å². The third kappa shape index (κ3) is 4.05. The number of thiophene rings is 1. The first kappa shape index (κ1) is 14.5. The second kappa shape index (κ2) is 7.06. The van der Waals surface area contributed by atoms with Crippen molar-refractivity contribution in [2.24, 2.45) is 5.92 Å². The predicted molar refractivity (Wildman–Crippen MR) is 80.3 cm³/mol. The van der Waals surface area contributed by atoms with E-state index in [2.05, 4.69) is 41.8 Å². The van der Waals surface area contributed by atoms with Crippen LogP contribution in [0, 0.1) is 5.92 Å². The van der Waals surface area contributed by atoms with E-state index in [9.17, 15) is 4.79 Å². The summed E-state index contributed by atoms with van der Waals surface area (Å²) in [5.41, 5.74) is 0. The standard InChI is InChI=1S/C15H24N2OS/c1-17(2)13(14-9-6-10-19-14)11-16-15(18)12-7-4-3-5-8-12/h6,9-10,12-13H,3-5,7-8,11H2,1-2H3,(H,16,18)/t13-/m0/s1. The second-order valence-electron chi connectivity index (χ2n) is 5.57. The smallest absolute Gasteiger partial charge is 0.223 e. The molecule has 2 rings (SSSR count). The van der Waals surface area contributed by atoms with Crippen molar-refractivity contribution < 1.29 is 4.79 Å². The first-order valence-electron chi connectivity index (χ1n) is 7.16. The Bertz CT molecular complexity index is 383. The van der Waals surface area contributed by atoms with Crippen molar-refractivity contribution in [3.63, 3.8) is 0 Å². The van der Waals surface area contributed by atoms with Crippen LogP contribution < -0.4 is 5.32 Å². The zero-order valence-corrected chi connectivity index (χ0v) is 12.7. The molecular formula is C15H24N2OS. The van der Waals surface area contributed by atoms with E-state index >= 15 is 0 Å². The van der Waals surface area contributed by atoms with Gasteiger partial charge in [0, 0.05) is 17.3 Å². The van der Waals surface area contributed by atoms with Gasteiger partial charge in [-0.05, 0) is 38.4 Å². The molecule has 1 N–H and O–H groups in total. The lowest BCUT2D eigenvalue weighted by Gasteiger charge is -2.26. The highest BCUT2D eigenvalue weighted by Gasteiger charge is 2.22. The monoisotopic (exact) mass is 280 g/mol. The molecule has 4 heteroatoms. The minimum atomic E-state index is 0.250. The molecule has 0 spiro atoms. The summed E-state index contributed by atoms with van der Waals surface area (Å²) in [4.78, 5) is 15.7. The van der Waals surface area contributed by atoms with E-state index < -0.39 is 0 Å². The number of hydrogen-bond donors (Lipinski definition) is 1. The van der Waals surface area contributed by atoms with E-state index in [0.717, 1.165) is 12.8 Å². The topological polar surface area (TPSA) is 32.3 Å². The number of hydrogen-bond acceptors (Lipinski definition) is 3. The Morgan fingerprint density at radius 2 is 2.16 bits per heavy atom. The summed E-state index contributed by atoms with van der Waals surface area (Å²) in [5.74, 6) is 0.503. The molecule has 1 heterocycles. The van der Waals surface area contributed by atoms with Crippen LogP contribution in [0.1, 0.15) is 43.0 Å². The van der Waals surface area contributed by atoms with Crippen molar-refractivity contribution >= 4 is 17.2 Å². The number of amides is 1. The molecule has 1 aromatic rings.